The molecule has 0 spiro atoms. The summed E-state index contributed by atoms with van der Waals surface area (Å²) in [5, 5.41) is 12.8. The van der Waals surface area contributed by atoms with Crippen LogP contribution in [0.3, 0.4) is 0 Å². The van der Waals surface area contributed by atoms with Gasteiger partial charge in [-0.2, -0.15) is 4.98 Å². The lowest BCUT2D eigenvalue weighted by molar-refractivity contribution is 0.291. The van der Waals surface area contributed by atoms with Crippen molar-refractivity contribution in [2.45, 2.75) is 57.5 Å². The topological polar surface area (TPSA) is 105 Å². The molecule has 2 aromatic heterocycles. The Balaban J connectivity index is 1.54. The van der Waals surface area contributed by atoms with Gasteiger partial charge in [-0.25, -0.2) is 4.68 Å². The first-order valence-corrected chi connectivity index (χ1v) is 10.3. The van der Waals surface area contributed by atoms with Gasteiger partial charge < -0.3 is 15.1 Å². The molecule has 3 rings (SSSR count). The SMILES string of the molecule is CC(C)Cc1noc(CSc2nnc(COc3ccc(C(C)C)cc3)n2N)n1. The van der Waals surface area contributed by atoms with Gasteiger partial charge in [-0.05, 0) is 29.5 Å². The first kappa shape index (κ1) is 20.2. The van der Waals surface area contributed by atoms with E-state index < -0.39 is 0 Å². The Hall–Kier alpha value is -2.55. The van der Waals surface area contributed by atoms with Crippen LogP contribution < -0.4 is 10.6 Å². The van der Waals surface area contributed by atoms with Gasteiger partial charge in [0.1, 0.15) is 12.4 Å². The van der Waals surface area contributed by atoms with Crippen LogP contribution in [-0.4, -0.2) is 25.0 Å². The predicted molar refractivity (Wildman–Crippen MR) is 107 cm³/mol. The third kappa shape index (κ3) is 5.25. The van der Waals surface area contributed by atoms with Crippen LogP contribution in [-0.2, 0) is 18.8 Å². The summed E-state index contributed by atoms with van der Waals surface area (Å²) in [7, 11) is 0. The molecule has 0 fully saturated rings. The van der Waals surface area contributed by atoms with Crippen molar-refractivity contribution in [2.75, 3.05) is 5.84 Å². The molecule has 0 aliphatic heterocycles. The Kier molecular flexibility index (Phi) is 6.56. The molecule has 0 aliphatic rings. The van der Waals surface area contributed by atoms with Crippen molar-refractivity contribution < 1.29 is 9.26 Å². The molecular formula is C19H26N6O2S. The van der Waals surface area contributed by atoms with Gasteiger partial charge in [-0.1, -0.05) is 56.7 Å². The summed E-state index contributed by atoms with van der Waals surface area (Å²) in [6.45, 7) is 8.79. The molecule has 0 atom stereocenters. The maximum absolute atomic E-state index is 6.09. The van der Waals surface area contributed by atoms with E-state index in [1.165, 1.54) is 22.0 Å². The van der Waals surface area contributed by atoms with Crippen LogP contribution in [0.1, 0.15) is 56.7 Å². The van der Waals surface area contributed by atoms with Gasteiger partial charge in [-0.15, -0.1) is 10.2 Å². The molecule has 0 radical (unpaired) electrons. The highest BCUT2D eigenvalue weighted by atomic mass is 32.2. The van der Waals surface area contributed by atoms with Gasteiger partial charge in [0.2, 0.25) is 11.0 Å². The number of benzene rings is 1. The molecule has 2 N–H and O–H groups in total. The fourth-order valence-corrected chi connectivity index (χ4v) is 3.24. The molecule has 8 nitrogen and oxygen atoms in total. The second kappa shape index (κ2) is 9.09. The van der Waals surface area contributed by atoms with E-state index in [-0.39, 0.29) is 6.61 Å². The third-order valence-corrected chi connectivity index (χ3v) is 5.00. The highest BCUT2D eigenvalue weighted by molar-refractivity contribution is 7.98. The molecule has 0 aliphatic carbocycles. The maximum atomic E-state index is 6.09. The zero-order chi connectivity index (χ0) is 20.1. The molecule has 150 valence electrons. The van der Waals surface area contributed by atoms with E-state index in [0.717, 1.165) is 18.0 Å². The lowest BCUT2D eigenvalue weighted by Gasteiger charge is -2.08. The molecule has 3 aromatic rings. The average molecular weight is 403 g/mol. The van der Waals surface area contributed by atoms with E-state index in [4.69, 9.17) is 15.1 Å². The largest absolute Gasteiger partial charge is 0.486 e. The minimum Gasteiger partial charge on any atom is -0.486 e. The Morgan fingerprint density at radius 2 is 1.89 bits per heavy atom. The fraction of sp³-hybridized carbons (Fsp3) is 0.474. The maximum Gasteiger partial charge on any atom is 0.237 e. The van der Waals surface area contributed by atoms with E-state index in [1.54, 1.807) is 0 Å². The molecule has 28 heavy (non-hydrogen) atoms. The van der Waals surface area contributed by atoms with Crippen molar-refractivity contribution in [3.05, 3.63) is 47.4 Å². The van der Waals surface area contributed by atoms with E-state index in [0.29, 0.717) is 34.5 Å². The molecule has 9 heteroatoms. The monoisotopic (exact) mass is 402 g/mol. The second-order valence-corrected chi connectivity index (χ2v) is 8.21. The van der Waals surface area contributed by atoms with Crippen molar-refractivity contribution in [2.24, 2.45) is 5.92 Å². The summed E-state index contributed by atoms with van der Waals surface area (Å²) in [6, 6.07) is 8.03. The van der Waals surface area contributed by atoms with Crippen molar-refractivity contribution in [1.82, 2.24) is 25.0 Å². The van der Waals surface area contributed by atoms with E-state index in [9.17, 15) is 0 Å². The highest BCUT2D eigenvalue weighted by Gasteiger charge is 2.14. The Morgan fingerprint density at radius 3 is 2.57 bits per heavy atom. The van der Waals surface area contributed by atoms with Crippen LogP contribution in [0.15, 0.2) is 33.9 Å². The minimum atomic E-state index is 0.240. The number of thioether (sulfide) groups is 1. The van der Waals surface area contributed by atoms with E-state index in [1.807, 2.05) is 12.1 Å². The smallest absolute Gasteiger partial charge is 0.237 e. The van der Waals surface area contributed by atoms with Crippen molar-refractivity contribution >= 4 is 11.8 Å². The molecule has 0 amide bonds. The van der Waals surface area contributed by atoms with Gasteiger partial charge in [0, 0.05) is 6.42 Å². The molecule has 0 unspecified atom stereocenters. The number of nitrogen functional groups attached to an aromatic ring is 1. The summed E-state index contributed by atoms with van der Waals surface area (Å²) >= 11 is 1.39. The lowest BCUT2D eigenvalue weighted by Crippen LogP contribution is -2.15. The number of hydrogen-bond acceptors (Lipinski definition) is 8. The van der Waals surface area contributed by atoms with Crippen LogP contribution in [0.5, 0.6) is 5.75 Å². The summed E-state index contributed by atoms with van der Waals surface area (Å²) < 4.78 is 12.5. The predicted octanol–water partition coefficient (Wildman–Crippen LogP) is 3.57. The number of nitrogens with two attached hydrogens (primary N) is 1. The zero-order valence-corrected chi connectivity index (χ0v) is 17.4. The quantitative estimate of drug-likeness (QED) is 0.428. The Morgan fingerprint density at radius 1 is 1.14 bits per heavy atom. The Labute approximate surface area is 168 Å². The minimum absolute atomic E-state index is 0.240. The van der Waals surface area contributed by atoms with Gasteiger partial charge in [0.25, 0.3) is 0 Å². The zero-order valence-electron chi connectivity index (χ0n) is 16.6. The molecule has 0 saturated carbocycles. The van der Waals surface area contributed by atoms with Crippen LogP contribution >= 0.6 is 11.8 Å². The molecular weight excluding hydrogens is 376 g/mol. The molecule has 0 bridgehead atoms. The van der Waals surface area contributed by atoms with Crippen LogP contribution in [0.4, 0.5) is 0 Å². The molecule has 0 saturated heterocycles. The van der Waals surface area contributed by atoms with E-state index in [2.05, 4.69) is 60.2 Å². The van der Waals surface area contributed by atoms with Crippen molar-refractivity contribution in [1.29, 1.82) is 0 Å². The average Bonchev–Trinajstić information content (AvgIpc) is 3.24. The van der Waals surface area contributed by atoms with Crippen molar-refractivity contribution in [3.63, 3.8) is 0 Å². The second-order valence-electron chi connectivity index (χ2n) is 7.27. The Bertz CT molecular complexity index is 888. The molecule has 1 aromatic carbocycles. The van der Waals surface area contributed by atoms with Crippen molar-refractivity contribution in [3.8, 4) is 5.75 Å². The van der Waals surface area contributed by atoms with Gasteiger partial charge in [0.05, 0.1) is 5.75 Å². The summed E-state index contributed by atoms with van der Waals surface area (Å²) in [4.78, 5) is 4.38. The number of rotatable bonds is 9. The van der Waals surface area contributed by atoms with E-state index >= 15 is 0 Å². The number of aromatic nitrogens is 5. The number of ether oxygens (including phenoxy) is 1. The first-order valence-electron chi connectivity index (χ1n) is 9.28. The first-order chi connectivity index (χ1) is 13.4. The van der Waals surface area contributed by atoms with Crippen LogP contribution in [0.25, 0.3) is 0 Å². The molecule has 2 heterocycles. The van der Waals surface area contributed by atoms with Crippen LogP contribution in [0, 0.1) is 5.92 Å². The fourth-order valence-electron chi connectivity index (χ4n) is 2.52. The highest BCUT2D eigenvalue weighted by Crippen LogP contribution is 2.22. The standard InChI is InChI=1S/C19H26N6O2S/c1-12(2)9-16-21-18(27-24-16)11-28-19-23-22-17(25(19)20)10-26-15-7-5-14(6-8-15)13(3)4/h5-8,12-13H,9-11,20H2,1-4H3. The van der Waals surface area contributed by atoms with Gasteiger partial charge >= 0.3 is 0 Å². The summed E-state index contributed by atoms with van der Waals surface area (Å²) in [5.74, 6) is 10.1. The summed E-state index contributed by atoms with van der Waals surface area (Å²) in [6.07, 6.45) is 0.793. The van der Waals surface area contributed by atoms with Crippen LogP contribution in [0.2, 0.25) is 0 Å². The lowest BCUT2D eigenvalue weighted by atomic mass is 10.0. The van der Waals surface area contributed by atoms with Gasteiger partial charge in [0.15, 0.2) is 11.6 Å². The number of hydrogen-bond donors (Lipinski definition) is 1. The number of nitrogens with zero attached hydrogens (tertiary/aromatic N) is 5. The normalized spacial score (nSPS) is 11.5. The van der Waals surface area contributed by atoms with Gasteiger partial charge in [-0.3, -0.25) is 0 Å². The summed E-state index contributed by atoms with van der Waals surface area (Å²) in [5.41, 5.74) is 1.27. The third-order valence-electron chi connectivity index (χ3n) is 4.08.